The molecule has 0 aliphatic carbocycles. The maximum Gasteiger partial charge on any atom is 0.239 e. The number of H-pyrrole nitrogens is 1. The van der Waals surface area contributed by atoms with Crippen LogP contribution in [0.3, 0.4) is 0 Å². The lowest BCUT2D eigenvalue weighted by atomic mass is 10.4. The summed E-state index contributed by atoms with van der Waals surface area (Å²) in [6.07, 6.45) is 0.168. The second-order valence-corrected chi connectivity index (χ2v) is 3.60. The molecule has 0 radical (unpaired) electrons. The van der Waals surface area contributed by atoms with Gasteiger partial charge in [-0.3, -0.25) is 4.90 Å². The molecule has 1 atom stereocenters. The van der Waals surface area contributed by atoms with Crippen LogP contribution < -0.4 is 0 Å². The summed E-state index contributed by atoms with van der Waals surface area (Å²) in [7, 11) is 0. The summed E-state index contributed by atoms with van der Waals surface area (Å²) in [5.41, 5.74) is 0. The third-order valence-corrected chi connectivity index (χ3v) is 2.72. The van der Waals surface area contributed by atoms with Crippen LogP contribution in [-0.2, 0) is 4.74 Å². The first-order valence-corrected chi connectivity index (χ1v) is 5.01. The predicted octanol–water partition coefficient (Wildman–Crippen LogP) is 0.186. The van der Waals surface area contributed by atoms with E-state index in [4.69, 9.17) is 17.0 Å². The number of hydrogen-bond acceptors (Lipinski definition) is 5. The third-order valence-electron chi connectivity index (χ3n) is 2.44. The van der Waals surface area contributed by atoms with E-state index in [2.05, 4.69) is 27.3 Å². The van der Waals surface area contributed by atoms with E-state index >= 15 is 0 Å². The highest BCUT2D eigenvalue weighted by molar-refractivity contribution is 7.71. The topological polar surface area (TPSA) is 59.0 Å². The molecule has 7 heteroatoms. The van der Waals surface area contributed by atoms with Crippen LogP contribution in [0.15, 0.2) is 0 Å². The Kier molecular flexibility index (Phi) is 2.90. The van der Waals surface area contributed by atoms with Gasteiger partial charge >= 0.3 is 0 Å². The van der Waals surface area contributed by atoms with Crippen molar-refractivity contribution in [2.45, 2.75) is 13.1 Å². The molecule has 1 saturated heterocycles. The van der Waals surface area contributed by atoms with Gasteiger partial charge in [-0.25, -0.2) is 4.68 Å². The minimum Gasteiger partial charge on any atom is -0.379 e. The minimum absolute atomic E-state index is 0.168. The standard InChI is InChI=1S/C7H13N5OS/c1-6(11-2-4-13-5-3-11)12-7(14)8-9-10-12/h6H,2-5H2,1H3,(H,8,10,14). The molecule has 0 amide bonds. The third kappa shape index (κ3) is 1.84. The summed E-state index contributed by atoms with van der Waals surface area (Å²) in [4.78, 5) is 2.28. The normalized spacial score (nSPS) is 20.9. The Labute approximate surface area is 86.8 Å². The van der Waals surface area contributed by atoms with Crippen molar-refractivity contribution in [3.8, 4) is 0 Å². The van der Waals surface area contributed by atoms with E-state index in [1.165, 1.54) is 0 Å². The molecular weight excluding hydrogens is 202 g/mol. The molecule has 1 aromatic rings. The molecule has 6 nitrogen and oxygen atoms in total. The van der Waals surface area contributed by atoms with Gasteiger partial charge in [0.1, 0.15) is 6.17 Å². The smallest absolute Gasteiger partial charge is 0.239 e. The van der Waals surface area contributed by atoms with Gasteiger partial charge in [0.25, 0.3) is 0 Å². The highest BCUT2D eigenvalue weighted by Crippen LogP contribution is 2.12. The first-order valence-electron chi connectivity index (χ1n) is 4.60. The van der Waals surface area contributed by atoms with E-state index in [1.54, 1.807) is 4.68 Å². The Hall–Kier alpha value is -0.790. The van der Waals surface area contributed by atoms with E-state index in [0.717, 1.165) is 26.3 Å². The Morgan fingerprint density at radius 2 is 2.21 bits per heavy atom. The average molecular weight is 215 g/mol. The van der Waals surface area contributed by atoms with Gasteiger partial charge < -0.3 is 4.74 Å². The molecular formula is C7H13N5OS. The zero-order valence-corrected chi connectivity index (χ0v) is 8.83. The maximum absolute atomic E-state index is 5.28. The molecule has 1 fully saturated rings. The first-order chi connectivity index (χ1) is 6.79. The number of aromatic amines is 1. The van der Waals surface area contributed by atoms with Crippen molar-refractivity contribution < 1.29 is 4.74 Å². The molecule has 1 N–H and O–H groups in total. The molecule has 0 spiro atoms. The fraction of sp³-hybridized carbons (Fsp3) is 0.857. The van der Waals surface area contributed by atoms with Crippen LogP contribution in [0.1, 0.15) is 13.1 Å². The largest absolute Gasteiger partial charge is 0.379 e. The van der Waals surface area contributed by atoms with Crippen LogP contribution in [0, 0.1) is 4.77 Å². The molecule has 2 rings (SSSR count). The van der Waals surface area contributed by atoms with Crippen molar-refractivity contribution in [3.63, 3.8) is 0 Å². The molecule has 1 unspecified atom stereocenters. The summed E-state index contributed by atoms with van der Waals surface area (Å²) in [5.74, 6) is 0. The Morgan fingerprint density at radius 3 is 2.79 bits per heavy atom. The quantitative estimate of drug-likeness (QED) is 0.713. The molecule has 0 aromatic carbocycles. The first kappa shape index (κ1) is 9.75. The number of tetrazole rings is 1. The van der Waals surface area contributed by atoms with E-state index in [9.17, 15) is 0 Å². The van der Waals surface area contributed by atoms with Crippen molar-refractivity contribution in [1.29, 1.82) is 0 Å². The van der Waals surface area contributed by atoms with Crippen LogP contribution in [0.2, 0.25) is 0 Å². The van der Waals surface area contributed by atoms with Gasteiger partial charge in [0.15, 0.2) is 0 Å². The number of rotatable bonds is 2. The maximum atomic E-state index is 5.28. The summed E-state index contributed by atoms with van der Waals surface area (Å²) in [5, 5.41) is 10.2. The van der Waals surface area contributed by atoms with Gasteiger partial charge in [0, 0.05) is 13.1 Å². The second kappa shape index (κ2) is 4.16. The molecule has 1 aliphatic rings. The number of hydrogen-bond donors (Lipinski definition) is 1. The number of nitrogens with zero attached hydrogens (tertiary/aromatic N) is 4. The molecule has 0 saturated carbocycles. The zero-order valence-electron chi connectivity index (χ0n) is 8.01. The molecule has 14 heavy (non-hydrogen) atoms. The highest BCUT2D eigenvalue weighted by Gasteiger charge is 2.19. The van der Waals surface area contributed by atoms with E-state index < -0.39 is 0 Å². The fourth-order valence-corrected chi connectivity index (χ4v) is 1.80. The van der Waals surface area contributed by atoms with Crippen LogP contribution >= 0.6 is 12.2 Å². The lowest BCUT2D eigenvalue weighted by Gasteiger charge is -2.31. The second-order valence-electron chi connectivity index (χ2n) is 3.23. The van der Waals surface area contributed by atoms with E-state index in [0.29, 0.717) is 4.77 Å². The van der Waals surface area contributed by atoms with Gasteiger partial charge in [0.05, 0.1) is 13.2 Å². The lowest BCUT2D eigenvalue weighted by Crippen LogP contribution is -2.40. The minimum atomic E-state index is 0.168. The Balaban J connectivity index is 2.11. The van der Waals surface area contributed by atoms with Crippen LogP contribution in [0.5, 0.6) is 0 Å². The molecule has 0 bridgehead atoms. The molecule has 78 valence electrons. The van der Waals surface area contributed by atoms with E-state index in [-0.39, 0.29) is 6.17 Å². The molecule has 1 aliphatic heterocycles. The van der Waals surface area contributed by atoms with Gasteiger partial charge in [-0.05, 0) is 19.1 Å². The summed E-state index contributed by atoms with van der Waals surface area (Å²) >= 11 is 5.03. The Morgan fingerprint density at radius 1 is 1.50 bits per heavy atom. The number of morpholine rings is 1. The fourth-order valence-electron chi connectivity index (χ4n) is 1.56. The van der Waals surface area contributed by atoms with Crippen molar-refractivity contribution in [2.75, 3.05) is 26.3 Å². The summed E-state index contributed by atoms with van der Waals surface area (Å²) < 4.78 is 7.55. The summed E-state index contributed by atoms with van der Waals surface area (Å²) in [6.45, 7) is 5.46. The zero-order chi connectivity index (χ0) is 9.97. The average Bonchev–Trinajstić information content (AvgIpc) is 2.65. The number of nitrogens with one attached hydrogen (secondary N) is 1. The summed E-state index contributed by atoms with van der Waals surface area (Å²) in [6, 6.07) is 0. The van der Waals surface area contributed by atoms with Gasteiger partial charge in [-0.1, -0.05) is 10.3 Å². The van der Waals surface area contributed by atoms with Gasteiger partial charge in [-0.15, -0.1) is 0 Å². The molecule has 1 aromatic heterocycles. The predicted molar refractivity (Wildman–Crippen MR) is 52.3 cm³/mol. The van der Waals surface area contributed by atoms with Crippen molar-refractivity contribution >= 4 is 12.2 Å². The van der Waals surface area contributed by atoms with Crippen molar-refractivity contribution in [1.82, 2.24) is 25.1 Å². The molecule has 2 heterocycles. The van der Waals surface area contributed by atoms with Crippen LogP contribution in [0.4, 0.5) is 0 Å². The van der Waals surface area contributed by atoms with E-state index in [1.807, 2.05) is 0 Å². The Bertz CT molecular complexity index is 342. The SMILES string of the molecule is CC(N1CCOCC1)n1[nH]nnc1=S. The van der Waals surface area contributed by atoms with Gasteiger partial charge in [-0.2, -0.15) is 5.21 Å². The number of ether oxygens (including phenoxy) is 1. The number of aromatic nitrogens is 4. The highest BCUT2D eigenvalue weighted by atomic mass is 32.1. The van der Waals surface area contributed by atoms with Gasteiger partial charge in [0.2, 0.25) is 4.77 Å². The van der Waals surface area contributed by atoms with Crippen LogP contribution in [0.25, 0.3) is 0 Å². The van der Waals surface area contributed by atoms with Crippen molar-refractivity contribution in [2.24, 2.45) is 0 Å². The lowest BCUT2D eigenvalue weighted by molar-refractivity contribution is -0.000370. The van der Waals surface area contributed by atoms with Crippen molar-refractivity contribution in [3.05, 3.63) is 4.77 Å². The monoisotopic (exact) mass is 215 g/mol. The van der Waals surface area contributed by atoms with Crippen LogP contribution in [-0.4, -0.2) is 51.4 Å².